The Morgan fingerprint density at radius 1 is 1.28 bits per heavy atom. The van der Waals surface area contributed by atoms with Gasteiger partial charge in [0, 0.05) is 34.3 Å². The fourth-order valence-corrected chi connectivity index (χ4v) is 2.13. The number of ether oxygens (including phenoxy) is 1. The third-order valence-electron chi connectivity index (χ3n) is 3.22. The maximum atomic E-state index is 12.1. The summed E-state index contributed by atoms with van der Waals surface area (Å²) in [4.78, 5) is 25.9. The van der Waals surface area contributed by atoms with Crippen LogP contribution in [0, 0.1) is 0 Å². The van der Waals surface area contributed by atoms with Crippen LogP contribution in [0.2, 0.25) is 0 Å². The summed E-state index contributed by atoms with van der Waals surface area (Å²) in [6, 6.07) is 0. The molecule has 0 fully saturated rings. The molecule has 0 unspecified atom stereocenters. The van der Waals surface area contributed by atoms with Gasteiger partial charge in [-0.15, -0.1) is 0 Å². The van der Waals surface area contributed by atoms with Crippen LogP contribution in [-0.2, 0) is 25.4 Å². The van der Waals surface area contributed by atoms with Crippen molar-refractivity contribution in [2.45, 2.75) is 6.54 Å². The quantitative estimate of drug-likeness (QED) is 0.743. The minimum Gasteiger partial charge on any atom is -0.383 e. The van der Waals surface area contributed by atoms with Crippen LogP contribution in [0.4, 0.5) is 5.82 Å². The van der Waals surface area contributed by atoms with E-state index in [1.165, 1.54) is 11.6 Å². The predicted molar refractivity (Wildman–Crippen MR) is 67.7 cm³/mol. The zero-order valence-electron chi connectivity index (χ0n) is 10.9. The van der Waals surface area contributed by atoms with Crippen LogP contribution in [-0.4, -0.2) is 41.0 Å². The molecule has 2 heterocycles. The van der Waals surface area contributed by atoms with Crippen LogP contribution in [0.25, 0.3) is 0 Å². The zero-order valence-corrected chi connectivity index (χ0v) is 10.9. The Kier molecular flexibility index (Phi) is 3.53. The van der Waals surface area contributed by atoms with E-state index < -0.39 is 0 Å². The second-order valence-electron chi connectivity index (χ2n) is 4.41. The number of nitrogens with zero attached hydrogens (tertiary/aromatic N) is 3. The number of rotatable bonds is 3. The Bertz CT molecular complexity index is 561. The maximum Gasteiger partial charge on any atom is 0.332 e. The van der Waals surface area contributed by atoms with Crippen molar-refractivity contribution in [2.75, 3.05) is 32.2 Å². The van der Waals surface area contributed by atoms with Gasteiger partial charge in [-0.05, 0) is 0 Å². The summed E-state index contributed by atoms with van der Waals surface area (Å²) < 4.78 is 7.64. The molecule has 0 bridgehead atoms. The average molecular weight is 254 g/mol. The number of anilines is 1. The lowest BCUT2D eigenvalue weighted by Gasteiger charge is -2.30. The first-order chi connectivity index (χ1) is 8.56. The Labute approximate surface area is 105 Å². The van der Waals surface area contributed by atoms with Gasteiger partial charge in [0.1, 0.15) is 5.82 Å². The summed E-state index contributed by atoms with van der Waals surface area (Å²) in [7, 11) is 4.81. The second-order valence-corrected chi connectivity index (χ2v) is 4.41. The highest BCUT2D eigenvalue weighted by molar-refractivity contribution is 5.45. The SMILES string of the molecule is COCCN1CNc2c(c(=O)n(C)c(=O)n2C)C1. The Hall–Kier alpha value is -1.60. The molecule has 1 aliphatic rings. The van der Waals surface area contributed by atoms with E-state index in [1.54, 1.807) is 14.2 Å². The van der Waals surface area contributed by atoms with Gasteiger partial charge < -0.3 is 10.1 Å². The van der Waals surface area contributed by atoms with Crippen molar-refractivity contribution in [1.29, 1.82) is 0 Å². The number of methoxy groups -OCH3 is 1. The van der Waals surface area contributed by atoms with Crippen molar-refractivity contribution in [1.82, 2.24) is 14.0 Å². The van der Waals surface area contributed by atoms with Gasteiger partial charge in [0.2, 0.25) is 0 Å². The van der Waals surface area contributed by atoms with Crippen molar-refractivity contribution in [3.8, 4) is 0 Å². The summed E-state index contributed by atoms with van der Waals surface area (Å²) in [5.41, 5.74) is 0.0845. The molecule has 0 saturated heterocycles. The van der Waals surface area contributed by atoms with Gasteiger partial charge in [-0.25, -0.2) is 4.79 Å². The molecule has 100 valence electrons. The molecule has 7 heteroatoms. The first kappa shape index (κ1) is 12.8. The molecule has 0 aliphatic carbocycles. The molecule has 0 amide bonds. The minimum atomic E-state index is -0.309. The van der Waals surface area contributed by atoms with Crippen LogP contribution in [0.1, 0.15) is 5.56 Å². The summed E-state index contributed by atoms with van der Waals surface area (Å²) in [5.74, 6) is 0.622. The fraction of sp³-hybridized carbons (Fsp3) is 0.636. The van der Waals surface area contributed by atoms with Crippen molar-refractivity contribution < 1.29 is 4.74 Å². The van der Waals surface area contributed by atoms with E-state index in [4.69, 9.17) is 4.74 Å². The van der Waals surface area contributed by atoms with Gasteiger partial charge in [0.25, 0.3) is 5.56 Å². The average Bonchev–Trinajstić information content (AvgIpc) is 2.40. The highest BCUT2D eigenvalue weighted by Gasteiger charge is 2.22. The van der Waals surface area contributed by atoms with E-state index in [9.17, 15) is 9.59 Å². The Balaban J connectivity index is 2.38. The molecule has 1 aromatic heterocycles. The zero-order chi connectivity index (χ0) is 13.3. The van der Waals surface area contributed by atoms with Gasteiger partial charge >= 0.3 is 5.69 Å². The number of fused-ring (bicyclic) bond motifs is 1. The molecule has 1 N–H and O–H groups in total. The molecule has 0 saturated carbocycles. The molecular weight excluding hydrogens is 236 g/mol. The van der Waals surface area contributed by atoms with Crippen LogP contribution in [0.3, 0.4) is 0 Å². The van der Waals surface area contributed by atoms with Gasteiger partial charge in [-0.1, -0.05) is 0 Å². The van der Waals surface area contributed by atoms with E-state index in [0.717, 1.165) is 11.1 Å². The Morgan fingerprint density at radius 3 is 2.67 bits per heavy atom. The number of aromatic nitrogens is 2. The molecule has 0 aromatic carbocycles. The van der Waals surface area contributed by atoms with Crippen molar-refractivity contribution >= 4 is 5.82 Å². The molecule has 1 aromatic rings. The fourth-order valence-electron chi connectivity index (χ4n) is 2.13. The monoisotopic (exact) mass is 254 g/mol. The van der Waals surface area contributed by atoms with Crippen LogP contribution >= 0.6 is 0 Å². The first-order valence-corrected chi connectivity index (χ1v) is 5.80. The molecule has 0 spiro atoms. The number of hydrogen-bond donors (Lipinski definition) is 1. The minimum absolute atomic E-state index is 0.234. The third-order valence-corrected chi connectivity index (χ3v) is 3.22. The second kappa shape index (κ2) is 4.95. The highest BCUT2D eigenvalue weighted by Crippen LogP contribution is 2.15. The van der Waals surface area contributed by atoms with Crippen molar-refractivity contribution in [3.05, 3.63) is 26.4 Å². The summed E-state index contributed by atoms with van der Waals surface area (Å²) in [6.45, 7) is 2.50. The number of nitrogens with one attached hydrogen (secondary N) is 1. The number of hydrogen-bond acceptors (Lipinski definition) is 5. The summed E-state index contributed by atoms with van der Waals surface area (Å²) in [6.07, 6.45) is 0. The highest BCUT2D eigenvalue weighted by atomic mass is 16.5. The lowest BCUT2D eigenvalue weighted by atomic mass is 10.2. The van der Waals surface area contributed by atoms with E-state index in [0.29, 0.717) is 31.2 Å². The standard InChI is InChI=1S/C11H18N4O3/c1-13-9-8(10(16)14(2)11(13)17)6-15(7-12-9)4-5-18-3/h12H,4-7H2,1-3H3. The Morgan fingerprint density at radius 2 is 2.00 bits per heavy atom. The molecule has 18 heavy (non-hydrogen) atoms. The maximum absolute atomic E-state index is 12.1. The molecular formula is C11H18N4O3. The molecule has 0 atom stereocenters. The van der Waals surface area contributed by atoms with Crippen molar-refractivity contribution in [2.24, 2.45) is 14.1 Å². The van der Waals surface area contributed by atoms with Crippen LogP contribution < -0.4 is 16.6 Å². The predicted octanol–water partition coefficient (Wildman–Crippen LogP) is -1.08. The van der Waals surface area contributed by atoms with E-state index in [-0.39, 0.29) is 11.2 Å². The first-order valence-electron chi connectivity index (χ1n) is 5.80. The molecule has 0 radical (unpaired) electrons. The van der Waals surface area contributed by atoms with Gasteiger partial charge in [0.15, 0.2) is 0 Å². The van der Waals surface area contributed by atoms with E-state index in [1.807, 2.05) is 0 Å². The van der Waals surface area contributed by atoms with E-state index >= 15 is 0 Å². The topological polar surface area (TPSA) is 68.5 Å². The molecule has 1 aliphatic heterocycles. The summed E-state index contributed by atoms with van der Waals surface area (Å²) >= 11 is 0. The normalized spacial score (nSPS) is 15.3. The van der Waals surface area contributed by atoms with Gasteiger partial charge in [0.05, 0.1) is 18.8 Å². The van der Waals surface area contributed by atoms with Crippen molar-refractivity contribution in [3.63, 3.8) is 0 Å². The summed E-state index contributed by atoms with van der Waals surface area (Å²) in [5, 5.41) is 3.12. The van der Waals surface area contributed by atoms with Crippen LogP contribution in [0.5, 0.6) is 0 Å². The third kappa shape index (κ3) is 2.06. The van der Waals surface area contributed by atoms with Gasteiger partial charge in [-0.3, -0.25) is 18.8 Å². The smallest absolute Gasteiger partial charge is 0.332 e. The lowest BCUT2D eigenvalue weighted by molar-refractivity contribution is 0.145. The molecule has 2 rings (SSSR count). The van der Waals surface area contributed by atoms with Gasteiger partial charge in [-0.2, -0.15) is 0 Å². The molecule has 7 nitrogen and oxygen atoms in total. The lowest BCUT2D eigenvalue weighted by Crippen LogP contribution is -2.46. The van der Waals surface area contributed by atoms with E-state index in [2.05, 4.69) is 10.2 Å². The van der Waals surface area contributed by atoms with Crippen LogP contribution in [0.15, 0.2) is 9.59 Å². The largest absolute Gasteiger partial charge is 0.383 e.